The average molecular weight is 255 g/mol. The number of aliphatic hydroxyl groups excluding tert-OH is 2. The lowest BCUT2D eigenvalue weighted by Gasteiger charge is -2.14. The van der Waals surface area contributed by atoms with Gasteiger partial charge in [0.15, 0.2) is 11.5 Å². The molecular formula is C13H21NO4. The molecule has 5 heteroatoms. The molecule has 0 spiro atoms. The molecule has 0 aliphatic rings. The van der Waals surface area contributed by atoms with E-state index in [1.165, 1.54) is 0 Å². The molecule has 0 saturated heterocycles. The minimum Gasteiger partial charge on any atom is -0.490 e. The van der Waals surface area contributed by atoms with Crippen LogP contribution in [0.3, 0.4) is 0 Å². The minimum atomic E-state index is -0.771. The Morgan fingerprint density at radius 1 is 1.17 bits per heavy atom. The largest absolute Gasteiger partial charge is 0.490 e. The van der Waals surface area contributed by atoms with Crippen molar-refractivity contribution in [1.82, 2.24) is 0 Å². The van der Waals surface area contributed by atoms with Crippen molar-refractivity contribution < 1.29 is 19.7 Å². The fourth-order valence-electron chi connectivity index (χ4n) is 1.46. The van der Waals surface area contributed by atoms with Crippen molar-refractivity contribution in [3.63, 3.8) is 0 Å². The van der Waals surface area contributed by atoms with Crippen molar-refractivity contribution in [2.75, 3.05) is 31.7 Å². The first-order valence-electron chi connectivity index (χ1n) is 6.13. The third-order valence-electron chi connectivity index (χ3n) is 2.30. The van der Waals surface area contributed by atoms with Crippen LogP contribution in [0.15, 0.2) is 18.2 Å². The highest BCUT2D eigenvalue weighted by molar-refractivity contribution is 5.54. The first kappa shape index (κ1) is 14.6. The highest BCUT2D eigenvalue weighted by Gasteiger charge is 2.07. The second-order valence-electron chi connectivity index (χ2n) is 3.74. The van der Waals surface area contributed by atoms with Gasteiger partial charge in [-0.1, -0.05) is 0 Å². The summed E-state index contributed by atoms with van der Waals surface area (Å²) in [7, 11) is 0. The zero-order chi connectivity index (χ0) is 13.4. The van der Waals surface area contributed by atoms with Gasteiger partial charge in [-0.25, -0.2) is 0 Å². The third kappa shape index (κ3) is 4.43. The number of anilines is 1. The van der Waals surface area contributed by atoms with Gasteiger partial charge in [-0.2, -0.15) is 0 Å². The second kappa shape index (κ2) is 7.79. The van der Waals surface area contributed by atoms with Crippen LogP contribution in [-0.2, 0) is 0 Å². The first-order chi connectivity index (χ1) is 8.71. The van der Waals surface area contributed by atoms with Gasteiger partial charge in [0, 0.05) is 18.3 Å². The zero-order valence-electron chi connectivity index (χ0n) is 10.8. The minimum absolute atomic E-state index is 0.262. The van der Waals surface area contributed by atoms with E-state index in [-0.39, 0.29) is 13.2 Å². The molecule has 0 amide bonds. The Morgan fingerprint density at radius 3 is 2.44 bits per heavy atom. The predicted molar refractivity (Wildman–Crippen MR) is 70.4 cm³/mol. The van der Waals surface area contributed by atoms with Gasteiger partial charge in [-0.15, -0.1) is 0 Å². The molecule has 0 unspecified atom stereocenters. The molecule has 0 aliphatic heterocycles. The molecule has 18 heavy (non-hydrogen) atoms. The molecule has 0 radical (unpaired) electrons. The molecule has 1 aromatic rings. The molecule has 1 aromatic carbocycles. The predicted octanol–water partition coefficient (Wildman–Crippen LogP) is 1.25. The molecule has 1 rings (SSSR count). The SMILES string of the molecule is CCOc1ccc(NC[C@@H](O)CO)cc1OCC. The summed E-state index contributed by atoms with van der Waals surface area (Å²) >= 11 is 0. The monoisotopic (exact) mass is 255 g/mol. The maximum absolute atomic E-state index is 9.26. The summed E-state index contributed by atoms with van der Waals surface area (Å²) in [5.74, 6) is 1.37. The first-order valence-corrected chi connectivity index (χ1v) is 6.13. The molecule has 0 bridgehead atoms. The van der Waals surface area contributed by atoms with Gasteiger partial charge in [-0.3, -0.25) is 0 Å². The molecule has 1 atom stereocenters. The smallest absolute Gasteiger partial charge is 0.163 e. The number of benzene rings is 1. The van der Waals surface area contributed by atoms with Crippen molar-refractivity contribution in [2.45, 2.75) is 20.0 Å². The van der Waals surface area contributed by atoms with Gasteiger partial charge in [-0.05, 0) is 26.0 Å². The molecular weight excluding hydrogens is 234 g/mol. The summed E-state index contributed by atoms with van der Waals surface area (Å²) in [6.07, 6.45) is -0.771. The number of nitrogens with one attached hydrogen (secondary N) is 1. The number of ether oxygens (including phenoxy) is 2. The maximum atomic E-state index is 9.26. The molecule has 0 fully saturated rings. The van der Waals surface area contributed by atoms with Crippen LogP contribution in [0.25, 0.3) is 0 Å². The molecule has 0 saturated carbocycles. The quantitative estimate of drug-likeness (QED) is 0.652. The summed E-state index contributed by atoms with van der Waals surface area (Å²) in [5.41, 5.74) is 0.814. The van der Waals surface area contributed by atoms with Gasteiger partial charge in [0.1, 0.15) is 0 Å². The zero-order valence-corrected chi connectivity index (χ0v) is 10.8. The highest BCUT2D eigenvalue weighted by atomic mass is 16.5. The van der Waals surface area contributed by atoms with Gasteiger partial charge in [0.25, 0.3) is 0 Å². The van der Waals surface area contributed by atoms with Crippen LogP contribution in [0.1, 0.15) is 13.8 Å². The molecule has 0 aliphatic carbocycles. The van der Waals surface area contributed by atoms with Crippen LogP contribution < -0.4 is 14.8 Å². The van der Waals surface area contributed by atoms with Gasteiger partial charge in [0.05, 0.1) is 25.9 Å². The summed E-state index contributed by atoms with van der Waals surface area (Å²) in [6.45, 7) is 4.99. The van der Waals surface area contributed by atoms with E-state index in [4.69, 9.17) is 14.6 Å². The van der Waals surface area contributed by atoms with E-state index >= 15 is 0 Å². The topological polar surface area (TPSA) is 71.0 Å². The van der Waals surface area contributed by atoms with Gasteiger partial charge in [0.2, 0.25) is 0 Å². The van der Waals surface area contributed by atoms with Gasteiger partial charge < -0.3 is 25.0 Å². The normalized spacial score (nSPS) is 12.0. The summed E-state index contributed by atoms with van der Waals surface area (Å²) in [6, 6.07) is 5.48. The molecule has 102 valence electrons. The van der Waals surface area contributed by atoms with Crippen molar-refractivity contribution >= 4 is 5.69 Å². The van der Waals surface area contributed by atoms with Crippen molar-refractivity contribution in [1.29, 1.82) is 0 Å². The molecule has 0 heterocycles. The van der Waals surface area contributed by atoms with E-state index in [0.29, 0.717) is 24.7 Å². The Morgan fingerprint density at radius 2 is 1.83 bits per heavy atom. The molecule has 0 aromatic heterocycles. The summed E-state index contributed by atoms with van der Waals surface area (Å²) in [4.78, 5) is 0. The Bertz CT molecular complexity index is 357. The van der Waals surface area contributed by atoms with Crippen LogP contribution in [0.2, 0.25) is 0 Å². The van der Waals surface area contributed by atoms with Crippen LogP contribution in [0, 0.1) is 0 Å². The second-order valence-corrected chi connectivity index (χ2v) is 3.74. The number of rotatable bonds is 8. The maximum Gasteiger partial charge on any atom is 0.163 e. The Balaban J connectivity index is 2.72. The van der Waals surface area contributed by atoms with Crippen molar-refractivity contribution in [3.8, 4) is 11.5 Å². The lowest BCUT2D eigenvalue weighted by Crippen LogP contribution is -2.22. The van der Waals surface area contributed by atoms with Crippen LogP contribution in [0.5, 0.6) is 11.5 Å². The lowest BCUT2D eigenvalue weighted by atomic mass is 10.2. The van der Waals surface area contributed by atoms with Crippen molar-refractivity contribution in [2.24, 2.45) is 0 Å². The van der Waals surface area contributed by atoms with E-state index in [1.807, 2.05) is 32.0 Å². The van der Waals surface area contributed by atoms with Crippen molar-refractivity contribution in [3.05, 3.63) is 18.2 Å². The summed E-state index contributed by atoms with van der Waals surface area (Å²) < 4.78 is 10.9. The Labute approximate surface area is 107 Å². The van der Waals surface area contributed by atoms with E-state index in [1.54, 1.807) is 0 Å². The van der Waals surface area contributed by atoms with Crippen LogP contribution in [0.4, 0.5) is 5.69 Å². The number of aliphatic hydroxyl groups is 2. The number of hydrogen-bond acceptors (Lipinski definition) is 5. The number of hydrogen-bond donors (Lipinski definition) is 3. The highest BCUT2D eigenvalue weighted by Crippen LogP contribution is 2.30. The lowest BCUT2D eigenvalue weighted by molar-refractivity contribution is 0.105. The fraction of sp³-hybridized carbons (Fsp3) is 0.538. The Kier molecular flexibility index (Phi) is 6.32. The fourth-order valence-corrected chi connectivity index (χ4v) is 1.46. The van der Waals surface area contributed by atoms with Gasteiger partial charge >= 0.3 is 0 Å². The van der Waals surface area contributed by atoms with Crippen LogP contribution in [-0.4, -0.2) is 42.7 Å². The molecule has 3 N–H and O–H groups in total. The van der Waals surface area contributed by atoms with E-state index in [9.17, 15) is 5.11 Å². The van der Waals surface area contributed by atoms with Crippen LogP contribution >= 0.6 is 0 Å². The van der Waals surface area contributed by atoms with E-state index in [2.05, 4.69) is 5.32 Å². The average Bonchev–Trinajstić information content (AvgIpc) is 2.39. The third-order valence-corrected chi connectivity index (χ3v) is 2.30. The summed E-state index contributed by atoms with van der Waals surface area (Å²) in [5, 5.41) is 21.0. The molecule has 5 nitrogen and oxygen atoms in total. The standard InChI is InChI=1S/C13H21NO4/c1-3-17-12-6-5-10(7-13(12)18-4-2)14-8-11(16)9-15/h5-7,11,14-16H,3-4,8-9H2,1-2H3/t11-/m1/s1. The Hall–Kier alpha value is -1.46. The van der Waals surface area contributed by atoms with E-state index in [0.717, 1.165) is 5.69 Å². The van der Waals surface area contributed by atoms with E-state index < -0.39 is 6.10 Å².